The number of aryl methyl sites for hydroxylation is 2. The van der Waals surface area contributed by atoms with Crippen molar-refractivity contribution in [3.05, 3.63) is 69.7 Å². The minimum Gasteiger partial charge on any atom is -0.371 e. The average molecular weight is 424 g/mol. The number of benzene rings is 2. The van der Waals surface area contributed by atoms with Crippen molar-refractivity contribution in [3.8, 4) is 0 Å². The Bertz CT molecular complexity index is 1010. The maximum absolute atomic E-state index is 13.0. The number of anilines is 2. The van der Waals surface area contributed by atoms with Crippen LogP contribution in [0.4, 0.5) is 11.4 Å². The maximum atomic E-state index is 13.0. The molecule has 4 rings (SSSR count). The molecule has 1 fully saturated rings. The van der Waals surface area contributed by atoms with E-state index < -0.39 is 0 Å². The van der Waals surface area contributed by atoms with Gasteiger partial charge in [0.25, 0.3) is 5.91 Å². The summed E-state index contributed by atoms with van der Waals surface area (Å²) < 4.78 is 0. The van der Waals surface area contributed by atoms with Gasteiger partial charge in [-0.2, -0.15) is 0 Å². The Balaban J connectivity index is 1.46. The lowest BCUT2D eigenvalue weighted by Gasteiger charge is -2.20. The highest BCUT2D eigenvalue weighted by atomic mass is 32.2. The molecule has 29 heavy (non-hydrogen) atoms. The van der Waals surface area contributed by atoms with Crippen molar-refractivity contribution in [3.63, 3.8) is 0 Å². The van der Waals surface area contributed by atoms with Crippen molar-refractivity contribution >= 4 is 40.4 Å². The minimum absolute atomic E-state index is 0.0733. The number of rotatable bonds is 6. The van der Waals surface area contributed by atoms with Crippen LogP contribution in [0.5, 0.6) is 0 Å². The molecule has 3 aromatic rings. The fourth-order valence-corrected chi connectivity index (χ4v) is 5.31. The van der Waals surface area contributed by atoms with Crippen LogP contribution in [0, 0.1) is 13.8 Å². The molecule has 1 amide bonds. The molecular formula is C23H25N3OS2. The van der Waals surface area contributed by atoms with Crippen LogP contribution in [0.25, 0.3) is 0 Å². The van der Waals surface area contributed by atoms with Crippen LogP contribution in [-0.2, 0) is 5.75 Å². The third-order valence-electron chi connectivity index (χ3n) is 5.08. The molecule has 0 unspecified atom stereocenters. The molecule has 1 aromatic heterocycles. The number of carbonyl (C=O) groups excluding carboxylic acids is 1. The number of thiazole rings is 1. The standard InChI is InChI=1S/C23H25N3OS2/c1-16-13-18(9-10-21(16)26-11-5-6-12-26)25-23(27)20-7-3-4-8-22(20)29-15-19-14-28-17(2)24-19/h3-4,7-10,13-14H,5-6,11-12,15H2,1-2H3,(H,25,27). The van der Waals surface area contributed by atoms with Gasteiger partial charge in [0.1, 0.15) is 0 Å². The van der Waals surface area contributed by atoms with E-state index in [2.05, 4.69) is 39.6 Å². The molecule has 0 radical (unpaired) electrons. The second-order valence-electron chi connectivity index (χ2n) is 7.29. The third-order valence-corrected chi connectivity index (χ3v) is 7.00. The quantitative estimate of drug-likeness (QED) is 0.501. The molecule has 1 saturated heterocycles. The lowest BCUT2D eigenvalue weighted by Crippen LogP contribution is -2.19. The van der Waals surface area contributed by atoms with Gasteiger partial charge in [-0.15, -0.1) is 23.1 Å². The summed E-state index contributed by atoms with van der Waals surface area (Å²) in [4.78, 5) is 20.9. The van der Waals surface area contributed by atoms with Crippen LogP contribution in [0.2, 0.25) is 0 Å². The molecule has 150 valence electrons. The Labute approximate surface area is 180 Å². The van der Waals surface area contributed by atoms with Crippen LogP contribution < -0.4 is 10.2 Å². The minimum atomic E-state index is -0.0733. The van der Waals surface area contributed by atoms with E-state index in [1.807, 2.05) is 37.3 Å². The van der Waals surface area contributed by atoms with Crippen LogP contribution >= 0.6 is 23.1 Å². The predicted molar refractivity (Wildman–Crippen MR) is 123 cm³/mol. The number of hydrogen-bond acceptors (Lipinski definition) is 5. The molecule has 1 N–H and O–H groups in total. The molecule has 0 bridgehead atoms. The van der Waals surface area contributed by atoms with Gasteiger partial charge in [-0.25, -0.2) is 4.98 Å². The first-order chi connectivity index (χ1) is 14.1. The number of carbonyl (C=O) groups is 1. The van der Waals surface area contributed by atoms with Gasteiger partial charge in [0.05, 0.1) is 16.3 Å². The first-order valence-corrected chi connectivity index (χ1v) is 11.8. The summed E-state index contributed by atoms with van der Waals surface area (Å²) in [6.07, 6.45) is 2.51. The molecule has 0 spiro atoms. The zero-order valence-electron chi connectivity index (χ0n) is 16.8. The highest BCUT2D eigenvalue weighted by Gasteiger charge is 2.16. The Hall–Kier alpha value is -2.31. The van der Waals surface area contributed by atoms with E-state index in [4.69, 9.17) is 0 Å². The molecule has 1 aliphatic rings. The zero-order chi connectivity index (χ0) is 20.2. The highest BCUT2D eigenvalue weighted by molar-refractivity contribution is 7.98. The normalized spacial score (nSPS) is 13.7. The zero-order valence-corrected chi connectivity index (χ0v) is 18.4. The Morgan fingerprint density at radius 1 is 1.17 bits per heavy atom. The van der Waals surface area contributed by atoms with Crippen molar-refractivity contribution in [2.24, 2.45) is 0 Å². The van der Waals surface area contributed by atoms with Crippen molar-refractivity contribution < 1.29 is 4.79 Å². The monoisotopic (exact) mass is 423 g/mol. The summed E-state index contributed by atoms with van der Waals surface area (Å²) >= 11 is 3.31. The van der Waals surface area contributed by atoms with Gasteiger partial charge in [0, 0.05) is 40.5 Å². The van der Waals surface area contributed by atoms with Gasteiger partial charge in [0.15, 0.2) is 0 Å². The first kappa shape index (κ1) is 20.0. The topological polar surface area (TPSA) is 45.2 Å². The summed E-state index contributed by atoms with van der Waals surface area (Å²) in [6, 6.07) is 14.0. The van der Waals surface area contributed by atoms with Gasteiger partial charge >= 0.3 is 0 Å². The Morgan fingerprint density at radius 3 is 2.69 bits per heavy atom. The fourth-order valence-electron chi connectivity index (χ4n) is 3.65. The predicted octanol–water partition coefficient (Wildman–Crippen LogP) is 5.90. The molecule has 0 aliphatic carbocycles. The van der Waals surface area contributed by atoms with E-state index in [0.29, 0.717) is 5.56 Å². The second kappa shape index (κ2) is 9.01. The number of amides is 1. The summed E-state index contributed by atoms with van der Waals surface area (Å²) in [5.41, 5.74) is 5.07. The molecule has 2 aromatic carbocycles. The molecule has 2 heterocycles. The van der Waals surface area contributed by atoms with Crippen molar-refractivity contribution in [2.45, 2.75) is 37.3 Å². The van der Waals surface area contributed by atoms with E-state index in [1.54, 1.807) is 23.1 Å². The van der Waals surface area contributed by atoms with Crippen LogP contribution in [0.3, 0.4) is 0 Å². The summed E-state index contributed by atoms with van der Waals surface area (Å²) in [6.45, 7) is 6.37. The molecule has 0 atom stereocenters. The van der Waals surface area contributed by atoms with E-state index in [9.17, 15) is 4.79 Å². The number of nitrogens with one attached hydrogen (secondary N) is 1. The van der Waals surface area contributed by atoms with Gasteiger partial charge in [-0.3, -0.25) is 4.79 Å². The van der Waals surface area contributed by atoms with Gasteiger partial charge in [-0.05, 0) is 62.6 Å². The van der Waals surface area contributed by atoms with Gasteiger partial charge in [0.2, 0.25) is 0 Å². The SMILES string of the molecule is Cc1nc(CSc2ccccc2C(=O)Nc2ccc(N3CCCC3)c(C)c2)cs1. The summed E-state index contributed by atoms with van der Waals surface area (Å²) in [5, 5.41) is 6.22. The van der Waals surface area contributed by atoms with Crippen LogP contribution in [-0.4, -0.2) is 24.0 Å². The van der Waals surface area contributed by atoms with Crippen molar-refractivity contribution in [2.75, 3.05) is 23.3 Å². The van der Waals surface area contributed by atoms with E-state index >= 15 is 0 Å². The van der Waals surface area contributed by atoms with Crippen molar-refractivity contribution in [1.29, 1.82) is 0 Å². The maximum Gasteiger partial charge on any atom is 0.256 e. The molecular weight excluding hydrogens is 398 g/mol. The number of hydrogen-bond donors (Lipinski definition) is 1. The third kappa shape index (κ3) is 4.82. The smallest absolute Gasteiger partial charge is 0.256 e. The van der Waals surface area contributed by atoms with Gasteiger partial charge < -0.3 is 10.2 Å². The average Bonchev–Trinajstić information content (AvgIpc) is 3.38. The lowest BCUT2D eigenvalue weighted by atomic mass is 10.1. The van der Waals surface area contributed by atoms with E-state index in [-0.39, 0.29) is 5.91 Å². The summed E-state index contributed by atoms with van der Waals surface area (Å²) in [7, 11) is 0. The second-order valence-corrected chi connectivity index (χ2v) is 9.37. The highest BCUT2D eigenvalue weighted by Crippen LogP contribution is 2.29. The molecule has 0 saturated carbocycles. The Kier molecular flexibility index (Phi) is 6.21. The lowest BCUT2D eigenvalue weighted by molar-refractivity contribution is 0.102. The van der Waals surface area contributed by atoms with E-state index in [1.165, 1.54) is 24.1 Å². The number of aromatic nitrogens is 1. The van der Waals surface area contributed by atoms with E-state index in [0.717, 1.165) is 40.1 Å². The van der Waals surface area contributed by atoms with Crippen molar-refractivity contribution in [1.82, 2.24) is 4.98 Å². The number of nitrogens with zero attached hydrogens (tertiary/aromatic N) is 2. The summed E-state index contributed by atoms with van der Waals surface area (Å²) in [5.74, 6) is 0.689. The fraction of sp³-hybridized carbons (Fsp3) is 0.304. The van der Waals surface area contributed by atoms with Gasteiger partial charge in [-0.1, -0.05) is 12.1 Å². The number of thioether (sulfide) groups is 1. The first-order valence-electron chi connectivity index (χ1n) is 9.90. The van der Waals surface area contributed by atoms with Crippen LogP contribution in [0.1, 0.15) is 39.5 Å². The molecule has 4 nitrogen and oxygen atoms in total. The van der Waals surface area contributed by atoms with Crippen LogP contribution in [0.15, 0.2) is 52.7 Å². The largest absolute Gasteiger partial charge is 0.371 e. The Morgan fingerprint density at radius 2 is 1.97 bits per heavy atom. The molecule has 1 aliphatic heterocycles. The molecule has 6 heteroatoms.